The van der Waals surface area contributed by atoms with Crippen molar-refractivity contribution in [3.05, 3.63) is 166 Å². The van der Waals surface area contributed by atoms with E-state index in [2.05, 4.69) is 186 Å². The minimum atomic E-state index is 0. The van der Waals surface area contributed by atoms with Crippen LogP contribution in [0.3, 0.4) is 0 Å². The zero-order valence-electron chi connectivity index (χ0n) is 38.2. The molecular formula is C55H72Cl2Zr-4. The second-order valence-electron chi connectivity index (χ2n) is 19.8. The maximum atomic E-state index is 3.34. The van der Waals surface area contributed by atoms with Crippen LogP contribution in [0.15, 0.2) is 120 Å². The summed E-state index contributed by atoms with van der Waals surface area (Å²) < 4.78 is 3.34. The van der Waals surface area contributed by atoms with Gasteiger partial charge in [-0.05, 0) is 51.4 Å². The first-order valence-electron chi connectivity index (χ1n) is 20.8. The van der Waals surface area contributed by atoms with Gasteiger partial charge in [-0.2, -0.15) is 89.0 Å². The van der Waals surface area contributed by atoms with Crippen LogP contribution in [0.25, 0.3) is 5.57 Å². The molecule has 3 aromatic rings. The Bertz CT molecular complexity index is 1880. The fourth-order valence-electron chi connectivity index (χ4n) is 9.68. The van der Waals surface area contributed by atoms with E-state index in [1.807, 2.05) is 36.4 Å². The van der Waals surface area contributed by atoms with Crippen molar-refractivity contribution in [2.45, 2.75) is 133 Å². The second kappa shape index (κ2) is 20.4. The molecule has 0 saturated heterocycles. The first-order valence-corrected chi connectivity index (χ1v) is 22.5. The summed E-state index contributed by atoms with van der Waals surface area (Å²) in [4.78, 5) is 0. The number of halogens is 2. The third-order valence-corrected chi connectivity index (χ3v) is 14.5. The Hall–Kier alpha value is -2.44. The third-order valence-electron chi connectivity index (χ3n) is 14.5. The molecule has 3 heteroatoms. The molecule has 314 valence electrons. The molecule has 1 fully saturated rings. The van der Waals surface area contributed by atoms with Crippen molar-refractivity contribution in [2.75, 3.05) is 0 Å². The summed E-state index contributed by atoms with van der Waals surface area (Å²) in [5.41, 5.74) is 13.6. The number of hydrogen-bond acceptors (Lipinski definition) is 0. The van der Waals surface area contributed by atoms with Gasteiger partial charge in [0.25, 0.3) is 0 Å². The van der Waals surface area contributed by atoms with E-state index in [9.17, 15) is 0 Å². The summed E-state index contributed by atoms with van der Waals surface area (Å²) in [5.74, 6) is 2.24. The molecule has 58 heavy (non-hydrogen) atoms. The van der Waals surface area contributed by atoms with E-state index < -0.39 is 0 Å². The quantitative estimate of drug-likeness (QED) is 0.197. The van der Waals surface area contributed by atoms with Crippen LogP contribution in [0.1, 0.15) is 138 Å². The molecule has 1 saturated carbocycles. The number of rotatable bonds is 0. The molecule has 0 amide bonds. The van der Waals surface area contributed by atoms with Crippen LogP contribution in [0, 0.1) is 51.7 Å². The molecule has 0 radical (unpaired) electrons. The van der Waals surface area contributed by atoms with Gasteiger partial charge >= 0.3 is 28.4 Å². The SMILES string of the molecule is CC(C)(C)c1cc[c-]cc1.CC(C)(C)c1cc[c-]cc1.C[C-]1C2=C3Cc4ccccc4C3=C3C=CCCC3C2(C)C(C)(C)C(C)(C)C1(C)C.Cl.Cl.[C-]1=CC=CC1.[CH2]=[Zr]. The summed E-state index contributed by atoms with van der Waals surface area (Å²) in [6, 6.07) is 31.5. The first kappa shape index (κ1) is 51.7. The van der Waals surface area contributed by atoms with Gasteiger partial charge in [-0.15, -0.1) is 38.2 Å². The molecule has 0 spiro atoms. The van der Waals surface area contributed by atoms with Gasteiger partial charge in [0.05, 0.1) is 0 Å². The first-order chi connectivity index (χ1) is 26.2. The fourth-order valence-corrected chi connectivity index (χ4v) is 9.68. The van der Waals surface area contributed by atoms with Gasteiger partial charge in [-0.1, -0.05) is 155 Å². The number of allylic oxidation sites excluding steroid dienone is 10. The molecule has 0 nitrogen and oxygen atoms in total. The molecular weight excluding hydrogens is 823 g/mol. The van der Waals surface area contributed by atoms with Crippen molar-refractivity contribution in [3.8, 4) is 0 Å². The Balaban J connectivity index is 0.000000328. The Kier molecular flexibility index (Phi) is 18.2. The third kappa shape index (κ3) is 10.0. The molecule has 2 atom stereocenters. The predicted molar refractivity (Wildman–Crippen MR) is 255 cm³/mol. The van der Waals surface area contributed by atoms with Crippen LogP contribution >= 0.6 is 24.8 Å². The molecule has 0 N–H and O–H groups in total. The molecule has 0 heterocycles. The summed E-state index contributed by atoms with van der Waals surface area (Å²) in [6.45, 7) is 33.6. The number of hydrogen-bond donors (Lipinski definition) is 0. The van der Waals surface area contributed by atoms with Crippen LogP contribution in [0.2, 0.25) is 0 Å². The van der Waals surface area contributed by atoms with Crippen molar-refractivity contribution in [2.24, 2.45) is 27.6 Å². The van der Waals surface area contributed by atoms with Crippen LogP contribution < -0.4 is 0 Å². The summed E-state index contributed by atoms with van der Waals surface area (Å²) in [5, 5.41) is 0. The van der Waals surface area contributed by atoms with E-state index in [1.165, 1.54) is 59.3 Å². The van der Waals surface area contributed by atoms with E-state index in [4.69, 9.17) is 0 Å². The molecule has 0 aromatic heterocycles. The Morgan fingerprint density at radius 1 is 0.724 bits per heavy atom. The van der Waals surface area contributed by atoms with E-state index in [0.29, 0.717) is 5.92 Å². The molecule has 8 rings (SSSR count). The van der Waals surface area contributed by atoms with Gasteiger partial charge < -0.3 is 0 Å². The summed E-state index contributed by atoms with van der Waals surface area (Å²) >= 11 is 1.30. The Morgan fingerprint density at radius 3 is 1.67 bits per heavy atom. The van der Waals surface area contributed by atoms with E-state index in [0.717, 1.165) is 12.8 Å². The molecule has 5 aliphatic rings. The normalized spacial score (nSPS) is 22.2. The zero-order valence-corrected chi connectivity index (χ0v) is 42.3. The second-order valence-corrected chi connectivity index (χ2v) is 19.8. The monoisotopic (exact) mass is 892 g/mol. The van der Waals surface area contributed by atoms with Gasteiger partial charge in [-0.3, -0.25) is 6.08 Å². The topological polar surface area (TPSA) is 0 Å². The number of benzene rings is 3. The predicted octanol–water partition coefficient (Wildman–Crippen LogP) is 15.6. The van der Waals surface area contributed by atoms with E-state index in [1.54, 1.807) is 28.2 Å². The van der Waals surface area contributed by atoms with Crippen molar-refractivity contribution in [1.82, 2.24) is 0 Å². The average Bonchev–Trinajstić information content (AvgIpc) is 3.88. The van der Waals surface area contributed by atoms with Gasteiger partial charge in [0, 0.05) is 0 Å². The molecule has 0 aliphatic heterocycles. The Labute approximate surface area is 383 Å². The summed E-state index contributed by atoms with van der Waals surface area (Å²) in [6.07, 6.45) is 18.5. The van der Waals surface area contributed by atoms with Crippen molar-refractivity contribution in [1.29, 1.82) is 0 Å². The van der Waals surface area contributed by atoms with Gasteiger partial charge in [0.2, 0.25) is 0 Å². The van der Waals surface area contributed by atoms with Crippen LogP contribution in [-0.2, 0) is 41.5 Å². The van der Waals surface area contributed by atoms with Crippen LogP contribution in [0.5, 0.6) is 0 Å². The Morgan fingerprint density at radius 2 is 1.24 bits per heavy atom. The van der Waals surface area contributed by atoms with Gasteiger partial charge in [0.15, 0.2) is 0 Å². The van der Waals surface area contributed by atoms with Crippen LogP contribution in [-0.4, -0.2) is 4.21 Å². The zero-order chi connectivity index (χ0) is 41.7. The van der Waals surface area contributed by atoms with Gasteiger partial charge in [-0.25, -0.2) is 18.1 Å². The van der Waals surface area contributed by atoms with Crippen molar-refractivity contribution in [3.63, 3.8) is 0 Å². The molecule has 3 aromatic carbocycles. The molecule has 2 unspecified atom stereocenters. The standard InChI is InChI=1S/C29H37.2C10H13.C5H5.CH2.2ClH.Zr/c1-18-25-22-17-19-13-9-10-14-20(19)24(22)21-15-11-12-16-23(21)29(25,8)28(6,7)27(4,5)26(18,2)3;2*1-10(2,3)9-7-5-4-6-8-9;1-2-4-5-3-1;;;;/h9-11,13-15,23H,12,16-17H2,1-8H3;2*5-8H,1-3H3;1-3H,4H2;1H2;2*1H;/q4*-1;;;;. The fraction of sp³-hybridized carbons (Fsp3) is 0.455. The van der Waals surface area contributed by atoms with E-state index in [-0.39, 0.29) is 57.3 Å². The molecule has 0 bridgehead atoms. The summed E-state index contributed by atoms with van der Waals surface area (Å²) in [7, 11) is 0. The average molecular weight is 895 g/mol. The van der Waals surface area contributed by atoms with Crippen LogP contribution in [0.4, 0.5) is 0 Å². The minimum absolute atomic E-state index is 0. The number of fused-ring (bicyclic) bond motifs is 6. The van der Waals surface area contributed by atoms with Gasteiger partial charge in [0.1, 0.15) is 0 Å². The maximum absolute atomic E-state index is 3.34. The van der Waals surface area contributed by atoms with Crippen molar-refractivity contribution >= 4 is 34.6 Å². The van der Waals surface area contributed by atoms with Crippen molar-refractivity contribution < 1.29 is 24.2 Å². The van der Waals surface area contributed by atoms with E-state index >= 15 is 0 Å². The molecule has 5 aliphatic carbocycles.